The van der Waals surface area contributed by atoms with E-state index < -0.39 is 17.7 Å². The molecule has 5 nitrogen and oxygen atoms in total. The van der Waals surface area contributed by atoms with Gasteiger partial charge in [0.1, 0.15) is 17.6 Å². The Morgan fingerprint density at radius 2 is 1.71 bits per heavy atom. The molecule has 1 N–H and O–H groups in total. The number of aliphatic hydroxyl groups is 1. The number of furan rings is 1. The number of Topliss-reactive ketones (excluding diaryl/α,β-unsaturated/α-hetero) is 1. The summed E-state index contributed by atoms with van der Waals surface area (Å²) in [7, 11) is 0. The molecule has 0 saturated carbocycles. The molecular weight excluding hydrogens is 378 g/mol. The molecule has 1 amide bonds. The molecule has 4 rings (SSSR count). The Labute approximate surface area is 166 Å². The van der Waals surface area contributed by atoms with Gasteiger partial charge in [0.05, 0.1) is 11.8 Å². The van der Waals surface area contributed by atoms with Crippen molar-refractivity contribution in [2.75, 3.05) is 0 Å². The highest BCUT2D eigenvalue weighted by Crippen LogP contribution is 2.40. The third-order valence-electron chi connectivity index (χ3n) is 4.67. The quantitative estimate of drug-likeness (QED) is 0.401. The number of benzene rings is 2. The van der Waals surface area contributed by atoms with Gasteiger partial charge in [0, 0.05) is 17.1 Å². The molecule has 1 aliphatic rings. The zero-order valence-corrected chi connectivity index (χ0v) is 15.5. The molecule has 0 spiro atoms. The maximum absolute atomic E-state index is 12.8. The average Bonchev–Trinajstić information content (AvgIpc) is 3.32. The average molecular weight is 394 g/mol. The van der Waals surface area contributed by atoms with Gasteiger partial charge in [-0.15, -0.1) is 0 Å². The van der Waals surface area contributed by atoms with Gasteiger partial charge in [0.25, 0.3) is 11.7 Å². The molecule has 140 valence electrons. The standard InChI is InChI=1S/C22H16ClNO4/c23-16-10-8-15(9-11-16)20(25)18-19(17-7-4-12-28-17)24(22(27)21(18)26)13-14-5-2-1-3-6-14/h1-12,19,25H,13H2/t19-/m0/s1. The van der Waals surface area contributed by atoms with E-state index >= 15 is 0 Å². The molecule has 2 aromatic carbocycles. The van der Waals surface area contributed by atoms with Crippen molar-refractivity contribution in [2.24, 2.45) is 0 Å². The topological polar surface area (TPSA) is 70.8 Å². The summed E-state index contributed by atoms with van der Waals surface area (Å²) in [6, 6.07) is 18.3. The van der Waals surface area contributed by atoms with Crippen molar-refractivity contribution in [1.82, 2.24) is 4.90 Å². The zero-order valence-electron chi connectivity index (χ0n) is 14.7. The number of nitrogens with zero attached hydrogens (tertiary/aromatic N) is 1. The van der Waals surface area contributed by atoms with Gasteiger partial charge in [-0.3, -0.25) is 9.59 Å². The molecule has 3 aromatic rings. The van der Waals surface area contributed by atoms with Crippen LogP contribution in [0.1, 0.15) is 22.9 Å². The van der Waals surface area contributed by atoms with E-state index in [1.807, 2.05) is 30.3 Å². The van der Waals surface area contributed by atoms with Gasteiger partial charge in [-0.2, -0.15) is 0 Å². The molecule has 0 radical (unpaired) electrons. The molecule has 1 aromatic heterocycles. The van der Waals surface area contributed by atoms with Gasteiger partial charge in [-0.25, -0.2) is 0 Å². The van der Waals surface area contributed by atoms with Crippen molar-refractivity contribution in [3.8, 4) is 0 Å². The summed E-state index contributed by atoms with van der Waals surface area (Å²) in [6.45, 7) is 0.216. The Bertz CT molecular complexity index is 1040. The molecule has 0 bridgehead atoms. The lowest BCUT2D eigenvalue weighted by molar-refractivity contribution is -0.140. The normalized spacial score (nSPS) is 18.6. The molecule has 1 aliphatic heterocycles. The monoisotopic (exact) mass is 393 g/mol. The molecule has 1 fully saturated rings. The van der Waals surface area contributed by atoms with E-state index in [-0.39, 0.29) is 17.9 Å². The fraction of sp³-hybridized carbons (Fsp3) is 0.0909. The number of aliphatic hydroxyl groups excluding tert-OH is 1. The van der Waals surface area contributed by atoms with E-state index in [1.165, 1.54) is 11.2 Å². The number of hydrogen-bond acceptors (Lipinski definition) is 4. The zero-order chi connectivity index (χ0) is 19.7. The van der Waals surface area contributed by atoms with Crippen LogP contribution in [0.5, 0.6) is 0 Å². The lowest BCUT2D eigenvalue weighted by Gasteiger charge is -2.23. The maximum Gasteiger partial charge on any atom is 0.296 e. The molecular formula is C22H16ClNO4. The summed E-state index contributed by atoms with van der Waals surface area (Å²) >= 11 is 5.91. The third-order valence-corrected chi connectivity index (χ3v) is 4.92. The third kappa shape index (κ3) is 3.21. The highest BCUT2D eigenvalue weighted by molar-refractivity contribution is 6.46. The van der Waals surface area contributed by atoms with E-state index in [0.29, 0.717) is 16.3 Å². The summed E-state index contributed by atoms with van der Waals surface area (Å²) in [5.74, 6) is -1.27. The highest BCUT2D eigenvalue weighted by atomic mass is 35.5. The van der Waals surface area contributed by atoms with Crippen molar-refractivity contribution in [1.29, 1.82) is 0 Å². The predicted molar refractivity (Wildman–Crippen MR) is 104 cm³/mol. The lowest BCUT2D eigenvalue weighted by Crippen LogP contribution is -2.29. The summed E-state index contributed by atoms with van der Waals surface area (Å²) in [6.07, 6.45) is 1.47. The largest absolute Gasteiger partial charge is 0.507 e. The number of carbonyl (C=O) groups excluding carboxylic acids is 2. The van der Waals surface area contributed by atoms with Crippen molar-refractivity contribution in [3.63, 3.8) is 0 Å². The second-order valence-electron chi connectivity index (χ2n) is 6.43. The van der Waals surface area contributed by atoms with Gasteiger partial charge in [0.15, 0.2) is 0 Å². The van der Waals surface area contributed by atoms with Crippen LogP contribution in [0.3, 0.4) is 0 Å². The Morgan fingerprint density at radius 1 is 1.00 bits per heavy atom. The minimum atomic E-state index is -0.814. The molecule has 6 heteroatoms. The van der Waals surface area contributed by atoms with Gasteiger partial charge in [-0.05, 0) is 42.0 Å². The van der Waals surface area contributed by atoms with Crippen LogP contribution in [0.2, 0.25) is 5.02 Å². The predicted octanol–water partition coefficient (Wildman–Crippen LogP) is 4.55. The molecule has 1 saturated heterocycles. The van der Waals surface area contributed by atoms with Crippen LogP contribution in [0.4, 0.5) is 0 Å². The fourth-order valence-corrected chi connectivity index (χ4v) is 3.46. The van der Waals surface area contributed by atoms with Crippen LogP contribution in [-0.2, 0) is 16.1 Å². The van der Waals surface area contributed by atoms with E-state index in [2.05, 4.69) is 0 Å². The first-order chi connectivity index (χ1) is 13.6. The Morgan fingerprint density at radius 3 is 2.36 bits per heavy atom. The molecule has 1 atom stereocenters. The lowest BCUT2D eigenvalue weighted by atomic mass is 9.99. The van der Waals surface area contributed by atoms with Crippen molar-refractivity contribution in [3.05, 3.63) is 100 Å². The number of ketones is 1. The van der Waals surface area contributed by atoms with Crippen LogP contribution in [0, 0.1) is 0 Å². The minimum Gasteiger partial charge on any atom is -0.507 e. The maximum atomic E-state index is 12.8. The summed E-state index contributed by atoms with van der Waals surface area (Å²) in [5.41, 5.74) is 1.27. The molecule has 0 unspecified atom stereocenters. The van der Waals surface area contributed by atoms with Gasteiger partial charge >= 0.3 is 0 Å². The molecule has 28 heavy (non-hydrogen) atoms. The number of rotatable bonds is 4. The smallest absolute Gasteiger partial charge is 0.296 e. The van der Waals surface area contributed by atoms with Crippen molar-refractivity contribution in [2.45, 2.75) is 12.6 Å². The van der Waals surface area contributed by atoms with Gasteiger partial charge in [-0.1, -0.05) is 41.9 Å². The van der Waals surface area contributed by atoms with Crippen LogP contribution >= 0.6 is 11.6 Å². The SMILES string of the molecule is O=C1C(=O)N(Cc2ccccc2)[C@@H](c2ccco2)C1=C(O)c1ccc(Cl)cc1. The first kappa shape index (κ1) is 18.1. The minimum absolute atomic E-state index is 0.00166. The first-order valence-corrected chi connectivity index (χ1v) is 9.05. The summed E-state index contributed by atoms with van der Waals surface area (Å²) in [5, 5.41) is 11.4. The van der Waals surface area contributed by atoms with Gasteiger partial charge in [0.2, 0.25) is 0 Å². The Hall–Kier alpha value is -3.31. The second-order valence-corrected chi connectivity index (χ2v) is 6.87. The summed E-state index contributed by atoms with van der Waals surface area (Å²) < 4.78 is 5.50. The fourth-order valence-electron chi connectivity index (χ4n) is 3.33. The highest BCUT2D eigenvalue weighted by Gasteiger charge is 2.47. The second kappa shape index (κ2) is 7.37. The molecule has 0 aliphatic carbocycles. The first-order valence-electron chi connectivity index (χ1n) is 8.68. The Kier molecular flexibility index (Phi) is 4.75. The van der Waals surface area contributed by atoms with E-state index in [1.54, 1.807) is 36.4 Å². The molecule has 2 heterocycles. The van der Waals surface area contributed by atoms with E-state index in [0.717, 1.165) is 5.56 Å². The Balaban J connectivity index is 1.83. The van der Waals surface area contributed by atoms with Gasteiger partial charge < -0.3 is 14.4 Å². The van der Waals surface area contributed by atoms with Crippen molar-refractivity contribution < 1.29 is 19.1 Å². The van der Waals surface area contributed by atoms with E-state index in [4.69, 9.17) is 16.0 Å². The summed E-state index contributed by atoms with van der Waals surface area (Å²) in [4.78, 5) is 27.0. The number of amides is 1. The van der Waals surface area contributed by atoms with Crippen LogP contribution in [-0.4, -0.2) is 21.7 Å². The number of carbonyl (C=O) groups is 2. The van der Waals surface area contributed by atoms with Crippen LogP contribution < -0.4 is 0 Å². The number of halogens is 1. The van der Waals surface area contributed by atoms with Crippen molar-refractivity contribution >= 4 is 29.1 Å². The number of hydrogen-bond donors (Lipinski definition) is 1. The van der Waals surface area contributed by atoms with Crippen LogP contribution in [0.15, 0.2) is 83.0 Å². The van der Waals surface area contributed by atoms with E-state index in [9.17, 15) is 14.7 Å². The number of likely N-dealkylation sites (tertiary alicyclic amines) is 1. The van der Waals surface area contributed by atoms with Crippen LogP contribution in [0.25, 0.3) is 5.76 Å².